The lowest BCUT2D eigenvalue weighted by atomic mass is 10.2. The number of likely N-dealkylation sites (N-methyl/N-ethyl adjacent to an activating group) is 1. The van der Waals surface area contributed by atoms with Crippen molar-refractivity contribution in [1.29, 1.82) is 0 Å². The smallest absolute Gasteiger partial charge is 0.127 e. The molecule has 0 aliphatic rings. The third kappa shape index (κ3) is 4.51. The van der Waals surface area contributed by atoms with Crippen LogP contribution in [0, 0.1) is 5.82 Å². The van der Waals surface area contributed by atoms with Crippen LogP contribution in [0.25, 0.3) is 0 Å². The number of nitrogens with one attached hydrogen (secondary N) is 1. The highest BCUT2D eigenvalue weighted by molar-refractivity contribution is 6.30. The van der Waals surface area contributed by atoms with Gasteiger partial charge in [0.1, 0.15) is 5.82 Å². The first-order valence-corrected chi connectivity index (χ1v) is 6.94. The maximum absolute atomic E-state index is 13.5. The summed E-state index contributed by atoms with van der Waals surface area (Å²) in [4.78, 5) is 2.08. The molecule has 2 aromatic rings. The molecular weight excluding hydrogens is 275 g/mol. The van der Waals surface area contributed by atoms with Crippen molar-refractivity contribution in [2.45, 2.75) is 6.54 Å². The van der Waals surface area contributed by atoms with Crippen LogP contribution < -0.4 is 5.32 Å². The lowest BCUT2D eigenvalue weighted by molar-refractivity contribution is 0.334. The number of benzene rings is 2. The second kappa shape index (κ2) is 7.27. The molecule has 2 rings (SSSR count). The molecule has 0 spiro atoms. The molecule has 0 aromatic heterocycles. The normalized spacial score (nSPS) is 10.8. The van der Waals surface area contributed by atoms with E-state index in [4.69, 9.17) is 11.6 Å². The van der Waals surface area contributed by atoms with Gasteiger partial charge in [0.25, 0.3) is 0 Å². The largest absolute Gasteiger partial charge is 0.384 e. The van der Waals surface area contributed by atoms with Gasteiger partial charge >= 0.3 is 0 Å². The van der Waals surface area contributed by atoms with Crippen LogP contribution in [0.2, 0.25) is 5.02 Å². The van der Waals surface area contributed by atoms with Crippen LogP contribution in [0.3, 0.4) is 0 Å². The molecule has 0 heterocycles. The molecule has 0 bridgehead atoms. The van der Waals surface area contributed by atoms with E-state index >= 15 is 0 Å². The molecule has 0 radical (unpaired) electrons. The van der Waals surface area contributed by atoms with Gasteiger partial charge in [0.2, 0.25) is 0 Å². The summed E-state index contributed by atoms with van der Waals surface area (Å²) in [5.74, 6) is -0.148. The second-order valence-corrected chi connectivity index (χ2v) is 5.20. The Hall–Kier alpha value is -1.58. The number of halogens is 2. The predicted octanol–water partition coefficient (Wildman–Crippen LogP) is 4.02. The Morgan fingerprint density at radius 3 is 2.50 bits per heavy atom. The average molecular weight is 293 g/mol. The Kier molecular flexibility index (Phi) is 5.39. The summed E-state index contributed by atoms with van der Waals surface area (Å²) in [6.07, 6.45) is 0. The van der Waals surface area contributed by atoms with Gasteiger partial charge in [-0.15, -0.1) is 0 Å². The quantitative estimate of drug-likeness (QED) is 0.865. The first kappa shape index (κ1) is 14.8. The van der Waals surface area contributed by atoms with Gasteiger partial charge in [-0.05, 0) is 37.4 Å². The van der Waals surface area contributed by atoms with E-state index in [1.54, 1.807) is 6.07 Å². The second-order valence-electron chi connectivity index (χ2n) is 4.76. The van der Waals surface area contributed by atoms with E-state index in [2.05, 4.69) is 10.2 Å². The Morgan fingerprint density at radius 1 is 1.10 bits per heavy atom. The molecule has 0 saturated carbocycles. The van der Waals surface area contributed by atoms with Gasteiger partial charge < -0.3 is 10.2 Å². The lowest BCUT2D eigenvalue weighted by Crippen LogP contribution is -2.25. The molecule has 0 unspecified atom stereocenters. The van der Waals surface area contributed by atoms with E-state index < -0.39 is 0 Å². The van der Waals surface area contributed by atoms with Crippen LogP contribution in [0.15, 0.2) is 48.5 Å². The highest BCUT2D eigenvalue weighted by Crippen LogP contribution is 2.13. The molecule has 2 nitrogen and oxygen atoms in total. The summed E-state index contributed by atoms with van der Waals surface area (Å²) in [5.41, 5.74) is 1.76. The fourth-order valence-electron chi connectivity index (χ4n) is 1.96. The first-order chi connectivity index (χ1) is 9.65. The summed E-state index contributed by atoms with van der Waals surface area (Å²) >= 11 is 5.83. The Bertz CT molecular complexity index is 542. The van der Waals surface area contributed by atoms with E-state index in [-0.39, 0.29) is 5.82 Å². The minimum absolute atomic E-state index is 0.148. The SMILES string of the molecule is CN(CCNc1ccc(Cl)cc1)Cc1ccccc1F. The molecule has 0 aliphatic heterocycles. The third-order valence-corrected chi connectivity index (χ3v) is 3.32. The fraction of sp³-hybridized carbons (Fsp3) is 0.250. The van der Waals surface area contributed by atoms with Crippen LogP contribution >= 0.6 is 11.6 Å². The van der Waals surface area contributed by atoms with Crippen LogP contribution in [-0.2, 0) is 6.54 Å². The molecule has 1 N–H and O–H groups in total. The first-order valence-electron chi connectivity index (χ1n) is 6.56. The summed E-state index contributed by atoms with van der Waals surface area (Å²) < 4.78 is 13.5. The van der Waals surface area contributed by atoms with E-state index in [0.717, 1.165) is 29.4 Å². The predicted molar refractivity (Wildman–Crippen MR) is 82.7 cm³/mol. The zero-order valence-electron chi connectivity index (χ0n) is 11.4. The summed E-state index contributed by atoms with van der Waals surface area (Å²) in [6.45, 7) is 2.23. The van der Waals surface area contributed by atoms with Crippen molar-refractivity contribution in [3.8, 4) is 0 Å². The van der Waals surface area contributed by atoms with Crippen molar-refractivity contribution in [1.82, 2.24) is 4.90 Å². The van der Waals surface area contributed by atoms with Gasteiger partial charge in [-0.2, -0.15) is 0 Å². The number of anilines is 1. The van der Waals surface area contributed by atoms with E-state index in [0.29, 0.717) is 6.54 Å². The van der Waals surface area contributed by atoms with Crippen LogP contribution in [0.1, 0.15) is 5.56 Å². The maximum Gasteiger partial charge on any atom is 0.127 e. The highest BCUT2D eigenvalue weighted by Gasteiger charge is 2.04. The van der Waals surface area contributed by atoms with E-state index in [1.165, 1.54) is 6.07 Å². The summed E-state index contributed by atoms with van der Waals surface area (Å²) in [6, 6.07) is 14.5. The highest BCUT2D eigenvalue weighted by atomic mass is 35.5. The van der Waals surface area contributed by atoms with Crippen LogP contribution in [-0.4, -0.2) is 25.0 Å². The topological polar surface area (TPSA) is 15.3 Å². The average Bonchev–Trinajstić information content (AvgIpc) is 2.44. The minimum Gasteiger partial charge on any atom is -0.384 e. The Balaban J connectivity index is 1.76. The molecule has 2 aromatic carbocycles. The molecule has 4 heteroatoms. The van der Waals surface area contributed by atoms with Crippen molar-refractivity contribution in [3.63, 3.8) is 0 Å². The van der Waals surface area contributed by atoms with Gasteiger partial charge in [0.15, 0.2) is 0 Å². The summed E-state index contributed by atoms with van der Waals surface area (Å²) in [5, 5.41) is 4.04. The molecule has 106 valence electrons. The van der Waals surface area contributed by atoms with Gasteiger partial charge in [-0.25, -0.2) is 4.39 Å². The van der Waals surface area contributed by atoms with Crippen molar-refractivity contribution < 1.29 is 4.39 Å². The van der Waals surface area contributed by atoms with Gasteiger partial charge in [0, 0.05) is 35.9 Å². The number of rotatable bonds is 6. The van der Waals surface area contributed by atoms with Crippen molar-refractivity contribution in [3.05, 3.63) is 64.9 Å². The number of nitrogens with zero attached hydrogens (tertiary/aromatic N) is 1. The van der Waals surface area contributed by atoms with Gasteiger partial charge in [0.05, 0.1) is 0 Å². The zero-order chi connectivity index (χ0) is 14.4. The summed E-state index contributed by atoms with van der Waals surface area (Å²) in [7, 11) is 1.98. The zero-order valence-corrected chi connectivity index (χ0v) is 12.2. The molecular formula is C16H18ClFN2. The lowest BCUT2D eigenvalue weighted by Gasteiger charge is -2.17. The Labute approximate surface area is 124 Å². The maximum atomic E-state index is 13.5. The van der Waals surface area contributed by atoms with E-state index in [1.807, 2.05) is 43.4 Å². The fourth-order valence-corrected chi connectivity index (χ4v) is 2.08. The monoisotopic (exact) mass is 292 g/mol. The van der Waals surface area contributed by atoms with Crippen LogP contribution in [0.5, 0.6) is 0 Å². The Morgan fingerprint density at radius 2 is 1.80 bits per heavy atom. The number of hydrogen-bond donors (Lipinski definition) is 1. The number of hydrogen-bond acceptors (Lipinski definition) is 2. The standard InChI is InChI=1S/C16H18ClFN2/c1-20(12-13-4-2-3-5-16(13)18)11-10-19-15-8-6-14(17)7-9-15/h2-9,19H,10-12H2,1H3. The molecule has 0 saturated heterocycles. The van der Waals surface area contributed by atoms with Crippen molar-refractivity contribution in [2.75, 3.05) is 25.5 Å². The van der Waals surface area contributed by atoms with Crippen LogP contribution in [0.4, 0.5) is 10.1 Å². The molecule has 20 heavy (non-hydrogen) atoms. The van der Waals surface area contributed by atoms with Gasteiger partial charge in [-0.1, -0.05) is 29.8 Å². The van der Waals surface area contributed by atoms with Gasteiger partial charge in [-0.3, -0.25) is 0 Å². The van der Waals surface area contributed by atoms with Crippen molar-refractivity contribution >= 4 is 17.3 Å². The van der Waals surface area contributed by atoms with E-state index in [9.17, 15) is 4.39 Å². The molecule has 0 aliphatic carbocycles. The molecule has 0 amide bonds. The molecule has 0 atom stereocenters. The third-order valence-electron chi connectivity index (χ3n) is 3.06. The molecule has 0 fully saturated rings. The van der Waals surface area contributed by atoms with Crippen molar-refractivity contribution in [2.24, 2.45) is 0 Å². The minimum atomic E-state index is -0.148.